The lowest BCUT2D eigenvalue weighted by atomic mass is 9.94. The third-order valence-corrected chi connectivity index (χ3v) is 3.03. The fraction of sp³-hybridized carbons (Fsp3) is 1.00. The molecular weight excluding hydrogens is 174 g/mol. The predicted molar refractivity (Wildman–Crippen MR) is 62.5 cm³/mol. The first-order valence-corrected chi connectivity index (χ1v) is 6.06. The van der Waals surface area contributed by atoms with E-state index < -0.39 is 0 Å². The number of hydrogen-bond acceptors (Lipinski definition) is 2. The van der Waals surface area contributed by atoms with E-state index in [9.17, 15) is 0 Å². The van der Waals surface area contributed by atoms with E-state index in [0.29, 0.717) is 12.0 Å². The van der Waals surface area contributed by atoms with Crippen LogP contribution in [0.15, 0.2) is 0 Å². The van der Waals surface area contributed by atoms with Gasteiger partial charge in [-0.3, -0.25) is 0 Å². The van der Waals surface area contributed by atoms with Crippen LogP contribution < -0.4 is 5.32 Å². The molecule has 0 amide bonds. The molecule has 0 aromatic carbocycles. The average molecular weight is 201 g/mol. The van der Waals surface area contributed by atoms with Gasteiger partial charge in [0.25, 0.3) is 0 Å². The molecule has 2 heteroatoms. The van der Waals surface area contributed by atoms with Gasteiger partial charge in [0, 0.05) is 12.1 Å². The first-order chi connectivity index (χ1) is 6.69. The van der Waals surface area contributed by atoms with Crippen molar-refractivity contribution >= 4 is 0 Å². The Morgan fingerprint density at radius 3 is 2.14 bits per heavy atom. The second kappa shape index (κ2) is 8.25. The van der Waals surface area contributed by atoms with Crippen molar-refractivity contribution in [2.24, 2.45) is 5.92 Å². The van der Waals surface area contributed by atoms with Gasteiger partial charge < -0.3 is 10.4 Å². The first-order valence-electron chi connectivity index (χ1n) is 6.06. The number of aliphatic hydroxyl groups excluding tert-OH is 1. The minimum Gasteiger partial charge on any atom is -0.395 e. The van der Waals surface area contributed by atoms with Crippen molar-refractivity contribution in [3.8, 4) is 0 Å². The number of rotatable bonds is 8. The second-order valence-electron chi connectivity index (χ2n) is 4.24. The molecule has 2 N–H and O–H groups in total. The molecule has 0 bridgehead atoms. The Labute approximate surface area is 89.1 Å². The molecule has 0 rings (SSSR count). The van der Waals surface area contributed by atoms with Crippen molar-refractivity contribution in [3.05, 3.63) is 0 Å². The van der Waals surface area contributed by atoms with E-state index in [0.717, 1.165) is 12.8 Å². The lowest BCUT2D eigenvalue weighted by Crippen LogP contribution is -2.43. The SMILES string of the molecule is CCCC(C)C(CC)NC(CC)CO. The van der Waals surface area contributed by atoms with E-state index in [2.05, 4.69) is 33.0 Å². The van der Waals surface area contributed by atoms with Crippen LogP contribution in [0.2, 0.25) is 0 Å². The van der Waals surface area contributed by atoms with Crippen LogP contribution in [0.4, 0.5) is 0 Å². The fourth-order valence-corrected chi connectivity index (χ4v) is 1.94. The van der Waals surface area contributed by atoms with Crippen LogP contribution >= 0.6 is 0 Å². The Morgan fingerprint density at radius 1 is 1.14 bits per heavy atom. The predicted octanol–water partition coefficient (Wildman–Crippen LogP) is 2.56. The lowest BCUT2D eigenvalue weighted by Gasteiger charge is -2.27. The summed E-state index contributed by atoms with van der Waals surface area (Å²) < 4.78 is 0. The van der Waals surface area contributed by atoms with Crippen LogP contribution in [0.5, 0.6) is 0 Å². The van der Waals surface area contributed by atoms with Crippen LogP contribution in [0.1, 0.15) is 53.4 Å². The zero-order chi connectivity index (χ0) is 11.0. The smallest absolute Gasteiger partial charge is 0.0584 e. The highest BCUT2D eigenvalue weighted by Gasteiger charge is 2.17. The maximum Gasteiger partial charge on any atom is 0.0584 e. The minimum absolute atomic E-state index is 0.256. The molecule has 14 heavy (non-hydrogen) atoms. The Hall–Kier alpha value is -0.0800. The highest BCUT2D eigenvalue weighted by atomic mass is 16.3. The van der Waals surface area contributed by atoms with Gasteiger partial charge >= 0.3 is 0 Å². The van der Waals surface area contributed by atoms with Gasteiger partial charge in [0.1, 0.15) is 0 Å². The van der Waals surface area contributed by atoms with Crippen LogP contribution in [-0.2, 0) is 0 Å². The summed E-state index contributed by atoms with van der Waals surface area (Å²) in [6, 6.07) is 0.839. The maximum absolute atomic E-state index is 9.12. The molecule has 0 aliphatic carbocycles. The average Bonchev–Trinajstić information content (AvgIpc) is 2.20. The van der Waals surface area contributed by atoms with Crippen molar-refractivity contribution in [3.63, 3.8) is 0 Å². The van der Waals surface area contributed by atoms with Gasteiger partial charge in [0.05, 0.1) is 6.61 Å². The number of nitrogens with one attached hydrogen (secondary N) is 1. The van der Waals surface area contributed by atoms with Gasteiger partial charge in [0.15, 0.2) is 0 Å². The molecule has 0 aliphatic heterocycles. The standard InChI is InChI=1S/C12H27NO/c1-5-8-10(4)12(7-3)13-11(6-2)9-14/h10-14H,5-9H2,1-4H3. The Bertz CT molecular complexity index is 123. The summed E-state index contributed by atoms with van der Waals surface area (Å²) >= 11 is 0. The van der Waals surface area contributed by atoms with E-state index in [4.69, 9.17) is 5.11 Å². The summed E-state index contributed by atoms with van der Waals surface area (Å²) in [4.78, 5) is 0. The van der Waals surface area contributed by atoms with E-state index in [1.54, 1.807) is 0 Å². The van der Waals surface area contributed by atoms with Gasteiger partial charge in [-0.2, -0.15) is 0 Å². The highest BCUT2D eigenvalue weighted by Crippen LogP contribution is 2.14. The molecule has 0 aromatic heterocycles. The maximum atomic E-state index is 9.12. The molecule has 0 aromatic rings. The number of hydrogen-bond donors (Lipinski definition) is 2. The summed E-state index contributed by atoms with van der Waals surface area (Å²) in [7, 11) is 0. The molecule has 0 saturated carbocycles. The highest BCUT2D eigenvalue weighted by molar-refractivity contribution is 4.76. The molecule has 0 spiro atoms. The summed E-state index contributed by atoms with van der Waals surface area (Å²) in [6.07, 6.45) is 4.67. The van der Waals surface area contributed by atoms with Gasteiger partial charge in [-0.05, 0) is 25.2 Å². The van der Waals surface area contributed by atoms with Gasteiger partial charge in [-0.25, -0.2) is 0 Å². The van der Waals surface area contributed by atoms with Crippen LogP contribution in [0.3, 0.4) is 0 Å². The van der Waals surface area contributed by atoms with E-state index in [-0.39, 0.29) is 12.6 Å². The fourth-order valence-electron chi connectivity index (χ4n) is 1.94. The summed E-state index contributed by atoms with van der Waals surface area (Å²) in [5, 5.41) is 12.7. The molecule has 86 valence electrons. The Kier molecular flexibility index (Phi) is 8.20. The monoisotopic (exact) mass is 201 g/mol. The third-order valence-electron chi connectivity index (χ3n) is 3.03. The normalized spacial score (nSPS) is 17.8. The van der Waals surface area contributed by atoms with E-state index >= 15 is 0 Å². The molecule has 0 radical (unpaired) electrons. The van der Waals surface area contributed by atoms with Crippen LogP contribution in [0, 0.1) is 5.92 Å². The third kappa shape index (κ3) is 4.97. The zero-order valence-corrected chi connectivity index (χ0v) is 10.2. The topological polar surface area (TPSA) is 32.3 Å². The largest absolute Gasteiger partial charge is 0.395 e. The Morgan fingerprint density at radius 2 is 1.79 bits per heavy atom. The molecule has 3 atom stereocenters. The van der Waals surface area contributed by atoms with Gasteiger partial charge in [0.2, 0.25) is 0 Å². The second-order valence-corrected chi connectivity index (χ2v) is 4.24. The van der Waals surface area contributed by atoms with Crippen molar-refractivity contribution in [2.45, 2.75) is 65.5 Å². The molecule has 0 fully saturated rings. The van der Waals surface area contributed by atoms with Crippen LogP contribution in [-0.4, -0.2) is 23.8 Å². The minimum atomic E-state index is 0.256. The van der Waals surface area contributed by atoms with Crippen molar-refractivity contribution in [1.82, 2.24) is 5.32 Å². The van der Waals surface area contributed by atoms with Crippen molar-refractivity contribution in [2.75, 3.05) is 6.61 Å². The Balaban J connectivity index is 3.98. The van der Waals surface area contributed by atoms with Crippen molar-refractivity contribution < 1.29 is 5.11 Å². The summed E-state index contributed by atoms with van der Waals surface area (Å²) in [6.45, 7) is 9.12. The number of aliphatic hydroxyl groups is 1. The molecule has 0 heterocycles. The quantitative estimate of drug-likeness (QED) is 0.632. The zero-order valence-electron chi connectivity index (χ0n) is 10.2. The van der Waals surface area contributed by atoms with Crippen molar-refractivity contribution in [1.29, 1.82) is 0 Å². The molecular formula is C12H27NO. The molecule has 3 unspecified atom stereocenters. The van der Waals surface area contributed by atoms with E-state index in [1.807, 2.05) is 0 Å². The first kappa shape index (κ1) is 13.9. The summed E-state index contributed by atoms with van der Waals surface area (Å²) in [5.41, 5.74) is 0. The molecule has 0 saturated heterocycles. The van der Waals surface area contributed by atoms with Crippen LogP contribution in [0.25, 0.3) is 0 Å². The summed E-state index contributed by atoms with van der Waals surface area (Å²) in [5.74, 6) is 0.714. The lowest BCUT2D eigenvalue weighted by molar-refractivity contribution is 0.208. The van der Waals surface area contributed by atoms with Gasteiger partial charge in [-0.15, -0.1) is 0 Å². The van der Waals surface area contributed by atoms with Gasteiger partial charge in [-0.1, -0.05) is 34.1 Å². The van der Waals surface area contributed by atoms with E-state index in [1.165, 1.54) is 12.8 Å². The molecule has 2 nitrogen and oxygen atoms in total. The molecule has 0 aliphatic rings.